The van der Waals surface area contributed by atoms with Crippen LogP contribution in [0.4, 0.5) is 11.9 Å². The Bertz CT molecular complexity index is 5950. The van der Waals surface area contributed by atoms with E-state index in [1.165, 1.54) is 64.4 Å². The molecule has 1 fully saturated rings. The summed E-state index contributed by atoms with van der Waals surface area (Å²) in [5.74, 6) is -7.44. The summed E-state index contributed by atoms with van der Waals surface area (Å²) in [6, 6.07) is 9.34. The number of aromatic amines is 2. The van der Waals surface area contributed by atoms with E-state index in [1.54, 1.807) is 96.2 Å². The number of rotatable bonds is 53. The van der Waals surface area contributed by atoms with Crippen LogP contribution in [0.2, 0.25) is 0 Å². The van der Waals surface area contributed by atoms with Gasteiger partial charge in [-0.25, -0.2) is 26.8 Å². The van der Waals surface area contributed by atoms with Crippen LogP contribution in [0.5, 0.6) is 11.5 Å². The van der Waals surface area contributed by atoms with Gasteiger partial charge >= 0.3 is 17.9 Å². The molecule has 5 atom stereocenters. The van der Waals surface area contributed by atoms with E-state index in [0.717, 1.165) is 30.8 Å². The fourth-order valence-electron chi connectivity index (χ4n) is 15.7. The van der Waals surface area contributed by atoms with E-state index in [0.29, 0.717) is 88.3 Å². The molecule has 18 N–H and O–H groups in total. The van der Waals surface area contributed by atoms with Gasteiger partial charge in [0.1, 0.15) is 46.8 Å². The fraction of sp³-hybridized carbons (Fsp3) is 0.489. The lowest BCUT2D eigenvalue weighted by Crippen LogP contribution is -2.55. The number of ether oxygens (including phenoxy) is 2. The van der Waals surface area contributed by atoms with Crippen LogP contribution in [-0.4, -0.2) is 314 Å². The van der Waals surface area contributed by atoms with Crippen LogP contribution in [0.3, 0.4) is 0 Å². The van der Waals surface area contributed by atoms with Gasteiger partial charge in [0, 0.05) is 199 Å². The summed E-state index contributed by atoms with van der Waals surface area (Å²) in [4.78, 5) is 195. The van der Waals surface area contributed by atoms with Gasteiger partial charge < -0.3 is 112 Å². The molecule has 0 bridgehead atoms. The largest absolute Gasteiger partial charge is 0.494 e. The van der Waals surface area contributed by atoms with E-state index in [4.69, 9.17) is 9.47 Å². The smallest absolute Gasteiger partial charge is 0.323 e. The number of nitrogens with one attached hydrogen (secondary N) is 15. The van der Waals surface area contributed by atoms with E-state index in [9.17, 15) is 94.5 Å². The van der Waals surface area contributed by atoms with Gasteiger partial charge in [0.15, 0.2) is 11.9 Å². The Labute approximate surface area is 805 Å². The minimum absolute atomic E-state index is 0.0118. The van der Waals surface area contributed by atoms with Crippen molar-refractivity contribution in [2.45, 2.75) is 153 Å². The minimum Gasteiger partial charge on any atom is -0.494 e. The molecule has 756 valence electrons. The van der Waals surface area contributed by atoms with Crippen LogP contribution >= 0.6 is 0 Å². The summed E-state index contributed by atoms with van der Waals surface area (Å²) >= 11 is 0. The summed E-state index contributed by atoms with van der Waals surface area (Å²) in [6.07, 6.45) is 9.79. The second kappa shape index (κ2) is 53.0. The molecule has 4 unspecified atom stereocenters. The number of benzene rings is 4. The molecular formula is C92H129N23O22S2. The van der Waals surface area contributed by atoms with Gasteiger partial charge in [-0.2, -0.15) is 9.44 Å². The Balaban J connectivity index is 0.701. The highest BCUT2D eigenvalue weighted by Gasteiger charge is 2.34. The maximum atomic E-state index is 14.4. The van der Waals surface area contributed by atoms with Crippen LogP contribution in [0.15, 0.2) is 117 Å². The Morgan fingerprint density at radius 1 is 0.475 bits per heavy atom. The summed E-state index contributed by atoms with van der Waals surface area (Å²) in [5, 5.41) is 61.5. The van der Waals surface area contributed by atoms with Crippen LogP contribution < -0.4 is 88.3 Å². The molecule has 9 rings (SSSR count). The third-order valence-corrected chi connectivity index (χ3v) is 26.8. The lowest BCUT2D eigenvalue weighted by atomic mass is 10.1. The number of carbonyl (C=O) groups is 11. The van der Waals surface area contributed by atoms with Crippen molar-refractivity contribution in [2.24, 2.45) is 14.1 Å². The first-order valence-corrected chi connectivity index (χ1v) is 48.9. The van der Waals surface area contributed by atoms with Gasteiger partial charge in [-0.1, -0.05) is 32.9 Å². The molecule has 0 saturated carbocycles. The number of carbonyl (C=O) groups excluding carboxylic acids is 8. The molecule has 0 radical (unpaired) electrons. The van der Waals surface area contributed by atoms with Crippen molar-refractivity contribution in [3.8, 4) is 11.5 Å². The number of pyridine rings is 2. The van der Waals surface area contributed by atoms with Crippen molar-refractivity contribution in [3.05, 3.63) is 163 Å². The third kappa shape index (κ3) is 33.5. The molecule has 8 amide bonds. The quantitative estimate of drug-likeness (QED) is 0.0232. The lowest BCUT2D eigenvalue weighted by molar-refractivity contribution is -0.139. The maximum Gasteiger partial charge on any atom is 0.323 e. The van der Waals surface area contributed by atoms with Gasteiger partial charge in [-0.05, 0) is 155 Å². The van der Waals surface area contributed by atoms with Crippen molar-refractivity contribution in [2.75, 3.05) is 149 Å². The number of aliphatic carboxylic acids is 3. The average Bonchev–Trinajstić information content (AvgIpc) is 0.951. The zero-order valence-electron chi connectivity index (χ0n) is 79.8. The van der Waals surface area contributed by atoms with Crippen LogP contribution in [-0.2, 0) is 90.4 Å². The van der Waals surface area contributed by atoms with Crippen molar-refractivity contribution < 1.29 is 94.4 Å². The Morgan fingerprint density at radius 3 is 1.36 bits per heavy atom. The molecule has 4 aromatic carbocycles. The zero-order chi connectivity index (χ0) is 101. The van der Waals surface area contributed by atoms with Crippen molar-refractivity contribution in [3.63, 3.8) is 0 Å². The Morgan fingerprint density at radius 2 is 0.921 bits per heavy atom. The maximum absolute atomic E-state index is 14.4. The van der Waals surface area contributed by atoms with E-state index < -0.39 is 133 Å². The first-order chi connectivity index (χ1) is 66.2. The van der Waals surface area contributed by atoms with Crippen molar-refractivity contribution in [1.82, 2.24) is 106 Å². The number of fused-ring (bicyclic) bond motifs is 2. The van der Waals surface area contributed by atoms with E-state index in [1.807, 2.05) is 25.8 Å². The van der Waals surface area contributed by atoms with Gasteiger partial charge in [-0.3, -0.25) is 72.1 Å². The van der Waals surface area contributed by atoms with Crippen LogP contribution in [0.25, 0.3) is 21.8 Å². The third-order valence-electron chi connectivity index (χ3n) is 23.3. The number of nitrogens with zero attached hydrogens (tertiary/aromatic N) is 8. The number of carboxylic acid groups (broad SMARTS) is 3. The molecule has 45 nitrogen and oxygen atoms in total. The number of aryl methyl sites for hydroxylation is 6. The normalized spacial score (nSPS) is 14.3. The SMILES string of the molecule is CCC(CNCCNC(=O)CCCOc1cc(C)c(S(=O)(=O)NC(CNC(=O)c2cn(C)c3cc(CNc4ncc[nH]4)ccc3c2=O)C(=O)O)c(C)c1)NC(=O)CC[C@H](NC(=O)CN1CCN(CC)CCN(C)CCN(CC(=O)O)CC1)C(=O)NC(CC)C(=O)NCCNC(=O)CCCOc1cc(C)c(S(=O)(=O)NC(CNC(=O)c2cn(C)c3cc(CNc4ncc[nH]4)ccc3c2=O)C(=O)O)c(C)c1. The molecule has 47 heteroatoms. The van der Waals surface area contributed by atoms with E-state index in [-0.39, 0.29) is 169 Å². The van der Waals surface area contributed by atoms with Gasteiger partial charge in [0.2, 0.25) is 66.3 Å². The number of likely N-dealkylation sites (N-methyl/N-ethyl adjacent to an activating group) is 2. The number of H-pyrrole nitrogens is 2. The van der Waals surface area contributed by atoms with Crippen LogP contribution in [0.1, 0.15) is 126 Å². The summed E-state index contributed by atoms with van der Waals surface area (Å²) in [5.41, 5.74) is 1.69. The highest BCUT2D eigenvalue weighted by molar-refractivity contribution is 7.90. The molecule has 5 heterocycles. The highest BCUT2D eigenvalue weighted by Crippen LogP contribution is 2.29. The monoisotopic (exact) mass is 1970 g/mol. The second-order valence-electron chi connectivity index (χ2n) is 34.1. The number of carboxylic acids is 3. The van der Waals surface area contributed by atoms with Crippen molar-refractivity contribution in [1.29, 1.82) is 0 Å². The second-order valence-corrected chi connectivity index (χ2v) is 37.4. The number of aromatic nitrogens is 6. The predicted octanol–water partition coefficient (Wildman–Crippen LogP) is 0.584. The summed E-state index contributed by atoms with van der Waals surface area (Å²) in [7, 11) is -3.85. The number of sulfonamides is 2. The average molecular weight is 1970 g/mol. The standard InChI is InChI=1S/C92H129N23O22S2/c1-11-63(50-93-24-25-94-76(116)16-14-40-136-64-42-57(4)83(58(5)43-64)138(132,133)108-72(89(128)129)51-101-85(124)68-53-111(9)74-46-61(18-20-66(74)81(68)122)48-103-91-97-28-29-98-91)105-78(118)23-22-71(106-79(119)55-114-37-36-113(13-3)34-32-110(8)33-35-115(39-38-114)56-80(120)121)88(127)107-70(12-2)87(126)96-27-26-95-77(117)17-15-41-137-65-44-59(6)84(60(7)45-65)139(134,135)109-73(90(130)131)52-102-86(125)69-54-112(10)75-47-62(19-21-67(75)82(69)123)49-104-92-99-30-31-100-92/h18-21,28-31,42-47,53-54,63,70-73,93,108-109H,11-17,22-27,32-41,48-52,55-56H2,1-10H3,(H,94,116)(H,95,117)(H,96,126)(H,101,124)(H,102,125)(H,105,118)(H,106,119)(H,107,127)(H,120,121)(H,128,129)(H,130,131)(H2,97,98,103)(H2,99,100,104)/t63?,70?,71-,72?,73?/m0/s1. The topological polar surface area (TPSA) is 606 Å². The molecular weight excluding hydrogens is 1840 g/mol. The number of anilines is 2. The first kappa shape index (κ1) is 109. The van der Waals surface area contributed by atoms with E-state index >= 15 is 0 Å². The van der Waals surface area contributed by atoms with Gasteiger partial charge in [0.05, 0.1) is 47.1 Å². The van der Waals surface area contributed by atoms with Gasteiger partial charge in [-0.15, -0.1) is 0 Å². The van der Waals surface area contributed by atoms with E-state index in [2.05, 4.69) is 97.7 Å². The fourth-order valence-corrected chi connectivity index (χ4v) is 19.0. The Kier molecular flexibility index (Phi) is 41.7. The highest BCUT2D eigenvalue weighted by atomic mass is 32.2. The first-order valence-electron chi connectivity index (χ1n) is 46.0. The zero-order valence-corrected chi connectivity index (χ0v) is 81.5. The molecule has 139 heavy (non-hydrogen) atoms. The Hall–Kier alpha value is -13.3. The van der Waals surface area contributed by atoms with Gasteiger partial charge in [0.25, 0.3) is 11.8 Å². The number of imidazole rings is 2. The molecule has 0 spiro atoms. The minimum atomic E-state index is -4.56. The number of amides is 8. The summed E-state index contributed by atoms with van der Waals surface area (Å²) < 4.78 is 74.7. The molecule has 4 aromatic heterocycles. The predicted molar refractivity (Wildman–Crippen MR) is 517 cm³/mol. The summed E-state index contributed by atoms with van der Waals surface area (Å²) in [6.45, 7) is 16.2. The molecule has 1 saturated heterocycles. The van der Waals surface area contributed by atoms with Crippen molar-refractivity contribution >= 4 is 119 Å². The molecule has 1 aliphatic rings. The molecule has 0 aliphatic carbocycles. The molecule has 1 aliphatic heterocycles. The number of hydrogen-bond acceptors (Lipinski definition) is 28. The lowest BCUT2D eigenvalue weighted by Gasteiger charge is -2.32. The van der Waals surface area contributed by atoms with Crippen LogP contribution in [0, 0.1) is 27.7 Å². The number of hydrogen-bond donors (Lipinski definition) is 18. The molecule has 8 aromatic rings.